The van der Waals surface area contributed by atoms with Gasteiger partial charge in [0.15, 0.2) is 5.82 Å². The van der Waals surface area contributed by atoms with Crippen molar-refractivity contribution in [3.63, 3.8) is 0 Å². The number of aromatic nitrogens is 5. The summed E-state index contributed by atoms with van der Waals surface area (Å²) in [4.78, 5) is 11.4. The van der Waals surface area contributed by atoms with Crippen molar-refractivity contribution < 1.29 is 17.7 Å². The SMILES string of the molecule is Cc1noc(N2CC3CC[C@@H](C2)[C@@H]3Nc2nc3n(n2)CCCC3c2ccc(C(F)(F)F)cc2)n1. The molecule has 2 bridgehead atoms. The minimum absolute atomic E-state index is 0.0570. The molecule has 4 heterocycles. The molecular formula is C23H26F3N7O. The fourth-order valence-corrected chi connectivity index (χ4v) is 5.81. The van der Waals surface area contributed by atoms with Gasteiger partial charge < -0.3 is 14.7 Å². The number of hydrogen-bond acceptors (Lipinski definition) is 7. The van der Waals surface area contributed by atoms with Gasteiger partial charge in [0.25, 0.3) is 0 Å². The van der Waals surface area contributed by atoms with Crippen molar-refractivity contribution in [3.05, 3.63) is 47.0 Å². The highest BCUT2D eigenvalue weighted by Crippen LogP contribution is 2.40. The third-order valence-electron chi connectivity index (χ3n) is 7.43. The van der Waals surface area contributed by atoms with Crippen molar-refractivity contribution in [3.8, 4) is 0 Å². The van der Waals surface area contributed by atoms with Crippen molar-refractivity contribution >= 4 is 12.0 Å². The van der Waals surface area contributed by atoms with E-state index >= 15 is 0 Å². The zero-order valence-corrected chi connectivity index (χ0v) is 18.8. The maximum absolute atomic E-state index is 13.0. The van der Waals surface area contributed by atoms with Crippen molar-refractivity contribution in [1.29, 1.82) is 0 Å². The molecule has 3 aliphatic rings. The van der Waals surface area contributed by atoms with E-state index < -0.39 is 11.7 Å². The molecule has 0 spiro atoms. The molecule has 8 nitrogen and oxygen atoms in total. The Hall–Kier alpha value is -3.11. The summed E-state index contributed by atoms with van der Waals surface area (Å²) in [6, 6.07) is 6.30. The third-order valence-corrected chi connectivity index (χ3v) is 7.43. The summed E-state index contributed by atoms with van der Waals surface area (Å²) >= 11 is 0. The van der Waals surface area contributed by atoms with Crippen LogP contribution in [0.25, 0.3) is 0 Å². The van der Waals surface area contributed by atoms with Crippen LogP contribution >= 0.6 is 0 Å². The topological polar surface area (TPSA) is 84.9 Å². The number of halogens is 3. The van der Waals surface area contributed by atoms with Gasteiger partial charge in [-0.25, -0.2) is 4.68 Å². The molecule has 1 aromatic carbocycles. The van der Waals surface area contributed by atoms with Crippen LogP contribution in [-0.2, 0) is 12.7 Å². The van der Waals surface area contributed by atoms with E-state index in [1.807, 2.05) is 11.6 Å². The lowest BCUT2D eigenvalue weighted by atomic mass is 9.90. The maximum Gasteiger partial charge on any atom is 0.416 e. The molecule has 2 unspecified atom stereocenters. The quantitative estimate of drug-likeness (QED) is 0.607. The van der Waals surface area contributed by atoms with Crippen LogP contribution in [0.3, 0.4) is 0 Å². The van der Waals surface area contributed by atoms with Crippen molar-refractivity contribution in [2.45, 2.75) is 57.3 Å². The average molecular weight is 474 g/mol. The monoisotopic (exact) mass is 473 g/mol. The molecule has 1 N–H and O–H groups in total. The Morgan fingerprint density at radius 2 is 1.76 bits per heavy atom. The van der Waals surface area contributed by atoms with Crippen LogP contribution < -0.4 is 10.2 Å². The molecule has 34 heavy (non-hydrogen) atoms. The lowest BCUT2D eigenvalue weighted by Crippen LogP contribution is -2.48. The largest absolute Gasteiger partial charge is 0.416 e. The summed E-state index contributed by atoms with van der Waals surface area (Å²) in [5.41, 5.74) is 0.213. The van der Waals surface area contributed by atoms with Crippen molar-refractivity contribution in [1.82, 2.24) is 24.9 Å². The Kier molecular flexibility index (Phi) is 5.03. The van der Waals surface area contributed by atoms with E-state index in [0.717, 1.165) is 68.8 Å². The number of aryl methyl sites for hydroxylation is 2. The first kappa shape index (κ1) is 21.4. The van der Waals surface area contributed by atoms with Gasteiger partial charge in [0.1, 0.15) is 5.82 Å². The summed E-state index contributed by atoms with van der Waals surface area (Å²) in [7, 11) is 0. The Bertz CT molecular complexity index is 1160. The molecule has 3 aromatic rings. The molecule has 11 heteroatoms. The van der Waals surface area contributed by atoms with Crippen LogP contribution in [0, 0.1) is 18.8 Å². The van der Waals surface area contributed by atoms with Gasteiger partial charge in [0, 0.05) is 31.6 Å². The number of hydrogen-bond donors (Lipinski definition) is 1. The maximum atomic E-state index is 13.0. The van der Waals surface area contributed by atoms with Crippen LogP contribution in [-0.4, -0.2) is 44.0 Å². The summed E-state index contributed by atoms with van der Waals surface area (Å²) in [5.74, 6) is 2.86. The minimum atomic E-state index is -4.33. The van der Waals surface area contributed by atoms with Crippen molar-refractivity contribution in [2.75, 3.05) is 23.3 Å². The van der Waals surface area contributed by atoms with Crippen LogP contribution in [0.15, 0.2) is 28.8 Å². The van der Waals surface area contributed by atoms with Crippen molar-refractivity contribution in [2.24, 2.45) is 11.8 Å². The smallest absolute Gasteiger partial charge is 0.350 e. The number of benzene rings is 1. The molecule has 2 fully saturated rings. The Balaban J connectivity index is 1.19. The Labute approximate surface area is 194 Å². The lowest BCUT2D eigenvalue weighted by Gasteiger charge is -2.37. The number of piperidine rings is 1. The van der Waals surface area contributed by atoms with Crippen LogP contribution in [0.5, 0.6) is 0 Å². The van der Waals surface area contributed by atoms with E-state index in [9.17, 15) is 13.2 Å². The zero-order chi connectivity index (χ0) is 23.4. The molecule has 1 saturated carbocycles. The highest BCUT2D eigenvalue weighted by atomic mass is 19.4. The second-order valence-corrected chi connectivity index (χ2v) is 9.63. The van der Waals surface area contributed by atoms with Gasteiger partial charge in [-0.2, -0.15) is 23.1 Å². The minimum Gasteiger partial charge on any atom is -0.350 e. The average Bonchev–Trinajstić information content (AvgIpc) is 3.48. The normalized spacial score (nSPS) is 26.5. The van der Waals surface area contributed by atoms with Crippen LogP contribution in [0.4, 0.5) is 25.1 Å². The van der Waals surface area contributed by atoms with Gasteiger partial charge in [-0.1, -0.05) is 17.3 Å². The highest BCUT2D eigenvalue weighted by molar-refractivity contribution is 5.36. The number of rotatable bonds is 4. The van der Waals surface area contributed by atoms with Crippen LogP contribution in [0.2, 0.25) is 0 Å². The molecule has 1 saturated heterocycles. The van der Waals surface area contributed by atoms with E-state index in [1.165, 1.54) is 0 Å². The fraction of sp³-hybridized carbons (Fsp3) is 0.565. The Morgan fingerprint density at radius 3 is 2.41 bits per heavy atom. The molecule has 180 valence electrons. The van der Waals surface area contributed by atoms with Gasteiger partial charge in [0.05, 0.1) is 5.56 Å². The number of anilines is 2. The Morgan fingerprint density at radius 1 is 1.03 bits per heavy atom. The van der Waals surface area contributed by atoms with E-state index in [1.54, 1.807) is 12.1 Å². The molecule has 4 atom stereocenters. The van der Waals surface area contributed by atoms with Crippen LogP contribution in [0.1, 0.15) is 54.4 Å². The standard InChI is InChI=1S/C23H26F3N7O/c1-13-27-22(34-31-13)32-11-15-4-5-16(12-32)19(15)28-21-29-20-18(3-2-10-33(20)30-21)14-6-8-17(9-7-14)23(24,25)26/h6-9,15-16,18-19H,2-5,10-12H2,1H3,(H,28,30)/t15-,16?,18?,19-/m0/s1. The van der Waals surface area contributed by atoms with E-state index in [2.05, 4.69) is 20.4 Å². The van der Waals surface area contributed by atoms with Gasteiger partial charge >= 0.3 is 12.2 Å². The zero-order valence-electron chi connectivity index (χ0n) is 18.8. The summed E-state index contributed by atoms with van der Waals surface area (Å²) in [6.07, 6.45) is -0.341. The molecule has 0 radical (unpaired) electrons. The molecule has 2 aliphatic heterocycles. The number of nitrogens with one attached hydrogen (secondary N) is 1. The van der Waals surface area contributed by atoms with Gasteiger partial charge in [-0.3, -0.25) is 0 Å². The number of fused-ring (bicyclic) bond motifs is 3. The summed E-state index contributed by atoms with van der Waals surface area (Å²) in [6.45, 7) is 4.28. The first-order chi connectivity index (χ1) is 16.3. The lowest BCUT2D eigenvalue weighted by molar-refractivity contribution is -0.137. The van der Waals surface area contributed by atoms with Gasteiger partial charge in [0.2, 0.25) is 5.95 Å². The molecular weight excluding hydrogens is 447 g/mol. The van der Waals surface area contributed by atoms with E-state index in [0.29, 0.717) is 29.6 Å². The molecule has 2 aromatic heterocycles. The summed E-state index contributed by atoms with van der Waals surface area (Å²) in [5, 5.41) is 12.2. The fourth-order valence-electron chi connectivity index (χ4n) is 5.81. The van der Waals surface area contributed by atoms with Gasteiger partial charge in [-0.05, 0) is 62.1 Å². The predicted octanol–water partition coefficient (Wildman–Crippen LogP) is 4.24. The predicted molar refractivity (Wildman–Crippen MR) is 117 cm³/mol. The molecule has 1 aliphatic carbocycles. The first-order valence-electron chi connectivity index (χ1n) is 11.8. The second-order valence-electron chi connectivity index (χ2n) is 9.63. The molecule has 6 rings (SSSR count). The molecule has 0 amide bonds. The van der Waals surface area contributed by atoms with E-state index in [4.69, 9.17) is 14.6 Å². The first-order valence-corrected chi connectivity index (χ1v) is 11.8. The summed E-state index contributed by atoms with van der Waals surface area (Å²) < 4.78 is 46.2. The highest BCUT2D eigenvalue weighted by Gasteiger charge is 2.44. The third kappa shape index (κ3) is 3.80. The van der Waals surface area contributed by atoms with E-state index in [-0.39, 0.29) is 12.0 Å². The number of nitrogens with zero attached hydrogens (tertiary/aromatic N) is 6. The second kappa shape index (κ2) is 7.99. The van der Waals surface area contributed by atoms with Gasteiger partial charge in [-0.15, -0.1) is 5.10 Å². The number of alkyl halides is 3.